The molecule has 1 saturated carbocycles. The Morgan fingerprint density at radius 1 is 0.580 bits per heavy atom. The fraction of sp³-hybridized carbons (Fsp3) is 0.944. The van der Waals surface area contributed by atoms with Crippen LogP contribution in [-0.4, -0.2) is 98.3 Å². The van der Waals surface area contributed by atoms with Crippen LogP contribution in [0.4, 0.5) is 0 Å². The summed E-state index contributed by atoms with van der Waals surface area (Å²) in [6.07, 6.45) is 15.1. The SMILES string of the molecule is CCCCCCCCCCCCCCCCCCCCCCCCC(=O)OC[C@H](COP(=O)(O)OC1C(O)C(O)C(O)[C@@H](O)C1O)OC(C)=O. The van der Waals surface area contributed by atoms with E-state index in [0.29, 0.717) is 6.42 Å². The van der Waals surface area contributed by atoms with Crippen LogP contribution in [0.25, 0.3) is 0 Å². The normalized spacial score (nSPS) is 24.1. The summed E-state index contributed by atoms with van der Waals surface area (Å²) in [6, 6.07) is 0. The molecule has 0 saturated heterocycles. The van der Waals surface area contributed by atoms with Crippen LogP contribution >= 0.6 is 7.82 Å². The lowest BCUT2D eigenvalue weighted by molar-refractivity contribution is -0.220. The van der Waals surface area contributed by atoms with Crippen molar-refractivity contribution in [3.8, 4) is 0 Å². The molecule has 1 rings (SSSR count). The van der Waals surface area contributed by atoms with E-state index in [4.69, 9.17) is 18.5 Å². The number of carbonyl (C=O) groups excluding carboxylic acids is 2. The molecule has 0 spiro atoms. The second-order valence-corrected chi connectivity index (χ2v) is 15.3. The van der Waals surface area contributed by atoms with Crippen LogP contribution in [0.5, 0.6) is 0 Å². The van der Waals surface area contributed by atoms with Crippen molar-refractivity contribution in [1.82, 2.24) is 0 Å². The summed E-state index contributed by atoms with van der Waals surface area (Å²) in [6.45, 7) is 2.16. The first kappa shape index (κ1) is 46.9. The van der Waals surface area contributed by atoms with Gasteiger partial charge in [0.05, 0.1) is 6.61 Å². The molecule has 1 fully saturated rings. The average Bonchev–Trinajstić information content (AvgIpc) is 3.08. The third-order valence-corrected chi connectivity index (χ3v) is 10.2. The molecule has 1 aliphatic carbocycles. The number of phosphoric ester groups is 1. The third kappa shape index (κ3) is 22.0. The van der Waals surface area contributed by atoms with Gasteiger partial charge in [-0.1, -0.05) is 142 Å². The van der Waals surface area contributed by atoms with Gasteiger partial charge < -0.3 is 39.9 Å². The molecule has 6 N–H and O–H groups in total. The van der Waals surface area contributed by atoms with Gasteiger partial charge in [-0.05, 0) is 6.42 Å². The summed E-state index contributed by atoms with van der Waals surface area (Å²) in [4.78, 5) is 33.7. The molecular weight excluding hydrogens is 671 g/mol. The number of aliphatic hydroxyl groups excluding tert-OH is 5. The minimum absolute atomic E-state index is 0.169. The number of phosphoric acid groups is 1. The molecule has 0 bridgehead atoms. The molecule has 1 aliphatic rings. The zero-order chi connectivity index (χ0) is 37.2. The maximum atomic E-state index is 12.4. The van der Waals surface area contributed by atoms with E-state index in [1.54, 1.807) is 0 Å². The van der Waals surface area contributed by atoms with Crippen molar-refractivity contribution in [2.45, 2.75) is 204 Å². The molecule has 0 aliphatic heterocycles. The molecule has 6 unspecified atom stereocenters. The average molecular weight is 741 g/mol. The van der Waals surface area contributed by atoms with Gasteiger partial charge in [0.25, 0.3) is 0 Å². The van der Waals surface area contributed by atoms with Gasteiger partial charge in [-0.15, -0.1) is 0 Å². The summed E-state index contributed by atoms with van der Waals surface area (Å²) in [5, 5.41) is 49.2. The standard InChI is InChI=1S/C36H69O13P/c1-3-4-5-6-7-8-9-10-11-12-13-14-15-16-17-18-19-20-21-22-23-24-25-30(38)46-26-29(48-28(2)37)27-47-50(44,45)49-36-34(42)32(40)31(39)33(41)35(36)43/h29,31-36,39-43H,3-27H2,1-2H3,(H,44,45)/t29-,31?,32-,33?,34?,35?,36?/m1/s1. The number of hydrogen-bond donors (Lipinski definition) is 6. The molecule has 0 aromatic heterocycles. The van der Waals surface area contributed by atoms with Crippen LogP contribution in [0, 0.1) is 0 Å². The zero-order valence-electron chi connectivity index (χ0n) is 30.7. The highest BCUT2D eigenvalue weighted by molar-refractivity contribution is 7.47. The largest absolute Gasteiger partial charge is 0.472 e. The van der Waals surface area contributed by atoms with Crippen LogP contribution in [0.15, 0.2) is 0 Å². The molecule has 0 heterocycles. The van der Waals surface area contributed by atoms with Gasteiger partial charge in [0.15, 0.2) is 6.10 Å². The van der Waals surface area contributed by atoms with Crippen molar-refractivity contribution in [1.29, 1.82) is 0 Å². The first-order valence-electron chi connectivity index (χ1n) is 19.3. The molecule has 8 atom stereocenters. The molecule has 0 amide bonds. The molecule has 0 aromatic carbocycles. The van der Waals surface area contributed by atoms with Crippen LogP contribution in [0.2, 0.25) is 0 Å². The van der Waals surface area contributed by atoms with Crippen molar-refractivity contribution >= 4 is 19.8 Å². The van der Waals surface area contributed by atoms with E-state index in [1.807, 2.05) is 0 Å². The Hall–Kier alpha value is -1.15. The molecule has 14 heteroatoms. The fourth-order valence-corrected chi connectivity index (χ4v) is 7.14. The zero-order valence-corrected chi connectivity index (χ0v) is 31.6. The van der Waals surface area contributed by atoms with Crippen LogP contribution in [0.3, 0.4) is 0 Å². The van der Waals surface area contributed by atoms with E-state index in [9.17, 15) is 44.6 Å². The van der Waals surface area contributed by atoms with E-state index in [0.717, 1.165) is 26.2 Å². The lowest BCUT2D eigenvalue weighted by Crippen LogP contribution is -2.64. The highest BCUT2D eigenvalue weighted by atomic mass is 31.2. The highest BCUT2D eigenvalue weighted by Crippen LogP contribution is 2.47. The Morgan fingerprint density at radius 3 is 1.32 bits per heavy atom. The predicted molar refractivity (Wildman–Crippen MR) is 189 cm³/mol. The lowest BCUT2D eigenvalue weighted by atomic mass is 9.85. The van der Waals surface area contributed by atoms with Crippen LogP contribution < -0.4 is 0 Å². The van der Waals surface area contributed by atoms with Gasteiger partial charge in [0, 0.05) is 13.3 Å². The maximum absolute atomic E-state index is 12.4. The summed E-state index contributed by atoms with van der Waals surface area (Å²) >= 11 is 0. The van der Waals surface area contributed by atoms with Gasteiger partial charge in [-0.3, -0.25) is 18.6 Å². The Bertz CT molecular complexity index is 906. The number of hydrogen-bond acceptors (Lipinski definition) is 12. The maximum Gasteiger partial charge on any atom is 0.472 e. The predicted octanol–water partition coefficient (Wildman–Crippen LogP) is 5.77. The van der Waals surface area contributed by atoms with E-state index < -0.39 is 75.7 Å². The first-order chi connectivity index (χ1) is 23.9. The number of unbranched alkanes of at least 4 members (excludes halogenated alkanes) is 21. The molecule has 50 heavy (non-hydrogen) atoms. The van der Waals surface area contributed by atoms with Crippen molar-refractivity contribution in [3.63, 3.8) is 0 Å². The lowest BCUT2D eigenvalue weighted by Gasteiger charge is -2.41. The highest BCUT2D eigenvalue weighted by Gasteiger charge is 2.51. The van der Waals surface area contributed by atoms with Crippen molar-refractivity contribution in [3.05, 3.63) is 0 Å². The monoisotopic (exact) mass is 740 g/mol. The number of aliphatic hydroxyl groups is 5. The molecule has 296 valence electrons. The Kier molecular flexibility index (Phi) is 26.6. The smallest absolute Gasteiger partial charge is 0.462 e. The second kappa shape index (κ2) is 28.4. The van der Waals surface area contributed by atoms with E-state index >= 15 is 0 Å². The van der Waals surface area contributed by atoms with E-state index in [2.05, 4.69) is 6.92 Å². The second-order valence-electron chi connectivity index (χ2n) is 13.9. The Morgan fingerprint density at radius 2 is 0.940 bits per heavy atom. The van der Waals surface area contributed by atoms with E-state index in [-0.39, 0.29) is 6.42 Å². The summed E-state index contributed by atoms with van der Waals surface area (Å²) in [7, 11) is -5.06. The topological polar surface area (TPSA) is 210 Å². The van der Waals surface area contributed by atoms with Crippen molar-refractivity contribution < 1.29 is 63.1 Å². The summed E-state index contributed by atoms with van der Waals surface area (Å²) in [5.41, 5.74) is 0. The molecule has 0 radical (unpaired) electrons. The fourth-order valence-electron chi connectivity index (χ4n) is 6.17. The van der Waals surface area contributed by atoms with Gasteiger partial charge in [0.2, 0.25) is 0 Å². The van der Waals surface area contributed by atoms with Crippen LogP contribution in [-0.2, 0) is 32.7 Å². The number of esters is 2. The minimum Gasteiger partial charge on any atom is -0.462 e. The summed E-state index contributed by atoms with van der Waals surface area (Å²) < 4.78 is 32.1. The van der Waals surface area contributed by atoms with Crippen molar-refractivity contribution in [2.24, 2.45) is 0 Å². The molecular formula is C36H69O13P. The number of carbonyl (C=O) groups is 2. The Labute approximate surface area is 300 Å². The minimum atomic E-state index is -5.06. The van der Waals surface area contributed by atoms with Gasteiger partial charge in [-0.25, -0.2) is 4.57 Å². The Balaban J connectivity index is 2.07. The van der Waals surface area contributed by atoms with Gasteiger partial charge in [0.1, 0.15) is 43.2 Å². The van der Waals surface area contributed by atoms with E-state index in [1.165, 1.54) is 116 Å². The molecule has 0 aromatic rings. The number of ether oxygens (including phenoxy) is 2. The quantitative estimate of drug-likeness (QED) is 0.0284. The third-order valence-electron chi connectivity index (χ3n) is 9.25. The number of rotatable bonds is 31. The molecule has 13 nitrogen and oxygen atoms in total. The summed E-state index contributed by atoms with van der Waals surface area (Å²) in [5.74, 6) is -1.28. The van der Waals surface area contributed by atoms with Crippen molar-refractivity contribution in [2.75, 3.05) is 13.2 Å². The van der Waals surface area contributed by atoms with Gasteiger partial charge in [-0.2, -0.15) is 0 Å². The van der Waals surface area contributed by atoms with Crippen LogP contribution in [0.1, 0.15) is 162 Å². The van der Waals surface area contributed by atoms with Gasteiger partial charge >= 0.3 is 19.8 Å². The first-order valence-corrected chi connectivity index (χ1v) is 20.8.